The number of alkyl carbamates (subject to hydrolysis) is 1. The van der Waals surface area contributed by atoms with E-state index in [0.29, 0.717) is 0 Å². The second-order valence-electron chi connectivity index (χ2n) is 3.69. The number of alkyl halides is 3. The first-order chi connectivity index (χ1) is 8.70. The Morgan fingerprint density at radius 3 is 2.32 bits per heavy atom. The van der Waals surface area contributed by atoms with E-state index in [1.165, 1.54) is 6.92 Å². The zero-order chi connectivity index (χ0) is 14.6. The second kappa shape index (κ2) is 5.85. The molecule has 1 amide bonds. The molecule has 0 saturated carbocycles. The van der Waals surface area contributed by atoms with Crippen LogP contribution in [0, 0.1) is 11.6 Å². The molecule has 0 spiro atoms. The van der Waals surface area contributed by atoms with Gasteiger partial charge in [-0.1, -0.05) is 6.07 Å². The van der Waals surface area contributed by atoms with Gasteiger partial charge in [0.25, 0.3) is 0 Å². The van der Waals surface area contributed by atoms with Gasteiger partial charge in [0.2, 0.25) is 0 Å². The van der Waals surface area contributed by atoms with E-state index in [-0.39, 0.29) is 0 Å². The van der Waals surface area contributed by atoms with Crippen molar-refractivity contribution in [2.24, 2.45) is 0 Å². The molecule has 0 aliphatic carbocycles. The van der Waals surface area contributed by atoms with Gasteiger partial charge in [-0.05, 0) is 19.1 Å². The highest BCUT2D eigenvalue weighted by atomic mass is 19.4. The lowest BCUT2D eigenvalue weighted by molar-refractivity contribution is -0.160. The number of carbonyl (C=O) groups is 1. The Morgan fingerprint density at radius 2 is 1.84 bits per heavy atom. The van der Waals surface area contributed by atoms with Gasteiger partial charge in [0.15, 0.2) is 6.61 Å². The molecule has 1 unspecified atom stereocenters. The highest BCUT2D eigenvalue weighted by Crippen LogP contribution is 2.20. The fourth-order valence-electron chi connectivity index (χ4n) is 1.36. The van der Waals surface area contributed by atoms with E-state index in [9.17, 15) is 26.7 Å². The summed E-state index contributed by atoms with van der Waals surface area (Å²) >= 11 is 0. The number of benzene rings is 1. The first-order valence-electron chi connectivity index (χ1n) is 5.14. The number of halogens is 5. The third kappa shape index (κ3) is 4.72. The number of amides is 1. The topological polar surface area (TPSA) is 38.3 Å². The molecular formula is C11H10F5NO2. The molecule has 0 saturated heterocycles. The Labute approximate surface area is 105 Å². The molecule has 0 aliphatic rings. The minimum absolute atomic E-state index is 0.452. The monoisotopic (exact) mass is 283 g/mol. The molecule has 1 atom stereocenters. The quantitative estimate of drug-likeness (QED) is 0.864. The molecule has 8 heteroatoms. The van der Waals surface area contributed by atoms with Gasteiger partial charge in [-0.25, -0.2) is 13.6 Å². The summed E-state index contributed by atoms with van der Waals surface area (Å²) in [5.74, 6) is -1.83. The Hall–Kier alpha value is -1.86. The first kappa shape index (κ1) is 15.2. The minimum atomic E-state index is -4.66. The van der Waals surface area contributed by atoms with Gasteiger partial charge in [-0.2, -0.15) is 13.2 Å². The molecule has 0 radical (unpaired) electrons. The van der Waals surface area contributed by atoms with E-state index >= 15 is 0 Å². The summed E-state index contributed by atoms with van der Waals surface area (Å²) in [7, 11) is 0. The van der Waals surface area contributed by atoms with Crippen LogP contribution in [0.4, 0.5) is 26.7 Å². The molecule has 1 aromatic carbocycles. The molecule has 106 valence electrons. The summed E-state index contributed by atoms with van der Waals surface area (Å²) in [6.45, 7) is -0.554. The number of rotatable bonds is 3. The van der Waals surface area contributed by atoms with Gasteiger partial charge >= 0.3 is 12.3 Å². The number of ether oxygens (including phenoxy) is 1. The molecule has 0 aromatic heterocycles. The van der Waals surface area contributed by atoms with Crippen LogP contribution < -0.4 is 5.32 Å². The molecule has 0 heterocycles. The maximum absolute atomic E-state index is 13.3. The van der Waals surface area contributed by atoms with E-state index in [0.717, 1.165) is 18.2 Å². The van der Waals surface area contributed by atoms with Crippen molar-refractivity contribution in [1.82, 2.24) is 5.32 Å². The largest absolute Gasteiger partial charge is 0.440 e. The lowest BCUT2D eigenvalue weighted by atomic mass is 10.1. The molecule has 1 aromatic rings. The van der Waals surface area contributed by atoms with E-state index in [2.05, 4.69) is 4.74 Å². The standard InChI is InChI=1S/C11H10F5NO2/c1-6(9-7(12)3-2-4-8(9)13)17-10(18)19-5-11(14,15)16/h2-4,6H,5H2,1H3,(H,17,18). The molecule has 3 nitrogen and oxygen atoms in total. The van der Waals surface area contributed by atoms with Crippen LogP contribution in [0.1, 0.15) is 18.5 Å². The first-order valence-corrected chi connectivity index (χ1v) is 5.14. The molecular weight excluding hydrogens is 273 g/mol. The number of carbonyl (C=O) groups excluding carboxylic acids is 1. The van der Waals surface area contributed by atoms with Crippen molar-refractivity contribution in [2.45, 2.75) is 19.1 Å². The fourth-order valence-corrected chi connectivity index (χ4v) is 1.36. The Balaban J connectivity index is 2.65. The van der Waals surface area contributed by atoms with Gasteiger partial charge < -0.3 is 10.1 Å². The van der Waals surface area contributed by atoms with Crippen LogP contribution in [0.15, 0.2) is 18.2 Å². The molecule has 1 rings (SSSR count). The van der Waals surface area contributed by atoms with Gasteiger partial charge in [0.05, 0.1) is 6.04 Å². The number of hydrogen-bond acceptors (Lipinski definition) is 2. The van der Waals surface area contributed by atoms with Crippen molar-refractivity contribution in [3.63, 3.8) is 0 Å². The summed E-state index contributed by atoms with van der Waals surface area (Å²) in [6, 6.07) is 1.90. The van der Waals surface area contributed by atoms with E-state index in [4.69, 9.17) is 0 Å². The van der Waals surface area contributed by atoms with Crippen molar-refractivity contribution >= 4 is 6.09 Å². The highest BCUT2D eigenvalue weighted by Gasteiger charge is 2.30. The van der Waals surface area contributed by atoms with Crippen LogP contribution >= 0.6 is 0 Å². The zero-order valence-corrected chi connectivity index (χ0v) is 9.72. The van der Waals surface area contributed by atoms with Crippen molar-refractivity contribution in [3.05, 3.63) is 35.4 Å². The minimum Gasteiger partial charge on any atom is -0.440 e. The third-order valence-corrected chi connectivity index (χ3v) is 2.13. The predicted molar refractivity (Wildman–Crippen MR) is 55.3 cm³/mol. The van der Waals surface area contributed by atoms with Crippen molar-refractivity contribution in [2.75, 3.05) is 6.61 Å². The summed E-state index contributed by atoms with van der Waals surface area (Å²) in [6.07, 6.45) is -6.07. The van der Waals surface area contributed by atoms with Crippen LogP contribution in [0.25, 0.3) is 0 Å². The second-order valence-corrected chi connectivity index (χ2v) is 3.69. The normalized spacial score (nSPS) is 12.9. The van der Waals surface area contributed by atoms with Gasteiger partial charge in [0.1, 0.15) is 11.6 Å². The van der Waals surface area contributed by atoms with Crippen LogP contribution in [-0.4, -0.2) is 18.9 Å². The molecule has 1 N–H and O–H groups in total. The zero-order valence-electron chi connectivity index (χ0n) is 9.72. The van der Waals surface area contributed by atoms with E-state index < -0.39 is 42.1 Å². The van der Waals surface area contributed by atoms with Gasteiger partial charge in [-0.15, -0.1) is 0 Å². The maximum atomic E-state index is 13.3. The fraction of sp³-hybridized carbons (Fsp3) is 0.364. The predicted octanol–water partition coefficient (Wildman–Crippen LogP) is 3.31. The molecule has 0 fully saturated rings. The van der Waals surface area contributed by atoms with Gasteiger partial charge in [-0.3, -0.25) is 0 Å². The summed E-state index contributed by atoms with van der Waals surface area (Å²) in [4.78, 5) is 11.0. The summed E-state index contributed by atoms with van der Waals surface area (Å²) < 4.78 is 65.8. The Kier molecular flexibility index (Phi) is 4.68. The molecule has 19 heavy (non-hydrogen) atoms. The number of nitrogens with one attached hydrogen (secondary N) is 1. The Morgan fingerprint density at radius 1 is 1.32 bits per heavy atom. The van der Waals surface area contributed by atoms with Crippen LogP contribution in [0.3, 0.4) is 0 Å². The van der Waals surface area contributed by atoms with Crippen LogP contribution in [0.5, 0.6) is 0 Å². The van der Waals surface area contributed by atoms with Crippen molar-refractivity contribution in [3.8, 4) is 0 Å². The summed E-state index contributed by atoms with van der Waals surface area (Å²) in [5.41, 5.74) is -0.452. The maximum Gasteiger partial charge on any atom is 0.422 e. The van der Waals surface area contributed by atoms with E-state index in [1.54, 1.807) is 0 Å². The van der Waals surface area contributed by atoms with Gasteiger partial charge in [0, 0.05) is 5.56 Å². The molecule has 0 bridgehead atoms. The van der Waals surface area contributed by atoms with Crippen molar-refractivity contribution in [1.29, 1.82) is 0 Å². The lowest BCUT2D eigenvalue weighted by Gasteiger charge is -2.16. The highest BCUT2D eigenvalue weighted by molar-refractivity contribution is 5.67. The lowest BCUT2D eigenvalue weighted by Crippen LogP contribution is -2.31. The average molecular weight is 283 g/mol. The SMILES string of the molecule is CC(NC(=O)OCC(F)(F)F)c1c(F)cccc1F. The average Bonchev–Trinajstić information content (AvgIpc) is 2.25. The Bertz CT molecular complexity index is 441. The molecule has 0 aliphatic heterocycles. The third-order valence-electron chi connectivity index (χ3n) is 2.13. The van der Waals surface area contributed by atoms with Crippen LogP contribution in [0.2, 0.25) is 0 Å². The smallest absolute Gasteiger partial charge is 0.422 e. The van der Waals surface area contributed by atoms with Crippen molar-refractivity contribution < 1.29 is 31.5 Å². The number of hydrogen-bond donors (Lipinski definition) is 1. The van der Waals surface area contributed by atoms with Crippen LogP contribution in [-0.2, 0) is 4.74 Å². The van der Waals surface area contributed by atoms with E-state index in [1.807, 2.05) is 5.32 Å². The summed E-state index contributed by atoms with van der Waals surface area (Å²) in [5, 5.41) is 1.91.